The van der Waals surface area contributed by atoms with Crippen LogP contribution in [0.2, 0.25) is 0 Å². The number of carbonyl (C=O) groups excluding carboxylic acids is 6. The monoisotopic (exact) mass is 1330 g/mol. The van der Waals surface area contributed by atoms with Crippen LogP contribution >= 0.6 is 0 Å². The van der Waals surface area contributed by atoms with Crippen molar-refractivity contribution in [3.8, 4) is 0 Å². The Morgan fingerprint density at radius 1 is 0.432 bits per heavy atom. The van der Waals surface area contributed by atoms with Crippen LogP contribution in [0.5, 0.6) is 0 Å². The highest BCUT2D eigenvalue weighted by Gasteiger charge is 2.47. The molecule has 1 aliphatic carbocycles. The lowest BCUT2D eigenvalue weighted by molar-refractivity contribution is -0.139. The lowest BCUT2D eigenvalue weighted by atomic mass is 9.80. The van der Waals surface area contributed by atoms with E-state index in [1.807, 2.05) is 14.7 Å². The number of Topliss-reactive ketones (excluding diaryl/α,β-unsaturated/α-hetero) is 3. The second-order valence-corrected chi connectivity index (χ2v) is 27.3. The Morgan fingerprint density at radius 2 is 0.758 bits per heavy atom. The van der Waals surface area contributed by atoms with E-state index in [4.69, 9.17) is 17.2 Å². The highest BCUT2D eigenvalue weighted by molar-refractivity contribution is 5.98. The zero-order valence-electron chi connectivity index (χ0n) is 53.1. The maximum absolute atomic E-state index is 14.0. The SMILES string of the molecule is Cn1cncc1C(=O)CCC(=O)N1[C@@H]2CC[C@H]1CC([C@H](N)Cc1cc(F)c(F)cc1F)C2.N[C@H](Cc1cc(F)c(F)cc1F)C1C[C@H]2CC[C@@H](C1)N2C(=O)CCC(=O)C1CCC1.N[C@H](Cc1cc(F)c(F)cc1F)C1C[C@H]2CC[C@@H](C1)N2C(=O)CCC(=O)c1ccc(F)cc1. The fourth-order valence-corrected chi connectivity index (χ4v) is 15.9. The number of piperidine rings is 3. The summed E-state index contributed by atoms with van der Waals surface area (Å²) in [6.45, 7) is 0. The molecule has 7 aliphatic rings. The standard InChI is InChI=1S/C25H26F4N2O2.C23H27F3N4O2.C23H29F3N2O2/c26-17-3-1-14(2-4-17)24(32)7-8-25(33)31-18-5-6-19(31)10-16(9-18)23(30)12-15-11-21(28)22(29)13-20(15)27;1-29-12-28-11-21(29)22(31)4-5-23(32)30-15-2-3-16(30)7-14(6-15)20(27)9-13-8-18(25)19(26)10-17(13)24;24-18-12-20(26)19(25)10-14(18)11-21(27)15-8-16-4-5-17(9-15)28(16)23(30)7-6-22(29)13-2-1-3-13/h1-4,11,13,16,18-19,23H,5-10,12,30H2;8,10-12,14-16,20H,2-7,9,27H2,1H3;10,12-13,15-17,21H,1-9,11,27H2/t16?,18-,19+,23-;14?,15-,16+,20-;15?,16-,17+,21-/m111/s1. The van der Waals surface area contributed by atoms with Crippen LogP contribution in [0.3, 0.4) is 0 Å². The van der Waals surface area contributed by atoms with Crippen LogP contribution in [0.25, 0.3) is 0 Å². The predicted octanol–water partition coefficient (Wildman–Crippen LogP) is 11.6. The van der Waals surface area contributed by atoms with Gasteiger partial charge in [-0.25, -0.2) is 48.9 Å². The van der Waals surface area contributed by atoms with Crippen molar-refractivity contribution in [1.29, 1.82) is 0 Å². The number of nitrogens with two attached hydrogens (primary N) is 3. The van der Waals surface area contributed by atoms with Crippen molar-refractivity contribution in [2.45, 2.75) is 208 Å². The summed E-state index contributed by atoms with van der Waals surface area (Å²) >= 11 is 0. The third kappa shape index (κ3) is 16.7. The molecule has 1 aromatic heterocycles. The van der Waals surface area contributed by atoms with E-state index in [2.05, 4.69) is 4.98 Å². The molecule has 7 fully saturated rings. The number of amides is 3. The van der Waals surface area contributed by atoms with E-state index in [1.165, 1.54) is 30.5 Å². The van der Waals surface area contributed by atoms with Crippen molar-refractivity contribution in [3.05, 3.63) is 159 Å². The minimum absolute atomic E-state index is 0.00280. The van der Waals surface area contributed by atoms with Gasteiger partial charge in [0.15, 0.2) is 46.5 Å². The van der Waals surface area contributed by atoms with Gasteiger partial charge in [-0.05, 0) is 186 Å². The first-order valence-electron chi connectivity index (χ1n) is 33.2. The first kappa shape index (κ1) is 70.5. The molecular weight excluding hydrogens is 1250 g/mol. The number of hydrogen-bond donors (Lipinski definition) is 3. The van der Waals surface area contributed by atoms with Crippen molar-refractivity contribution in [2.75, 3.05) is 0 Å². The lowest BCUT2D eigenvalue weighted by Crippen LogP contribution is -2.50. The number of nitrogens with zero attached hydrogens (tertiary/aromatic N) is 5. The molecule has 3 amide bonds. The van der Waals surface area contributed by atoms with Crippen LogP contribution in [0.4, 0.5) is 43.9 Å². The number of imidazole rings is 1. The van der Waals surface area contributed by atoms with E-state index in [0.29, 0.717) is 61.6 Å². The Kier molecular flexibility index (Phi) is 22.9. The van der Waals surface area contributed by atoms with Gasteiger partial charge >= 0.3 is 0 Å². The topological polar surface area (TPSA) is 208 Å². The summed E-state index contributed by atoms with van der Waals surface area (Å²) < 4.78 is 137. The Bertz CT molecular complexity index is 3590. The molecule has 6 saturated heterocycles. The zero-order valence-corrected chi connectivity index (χ0v) is 53.1. The molecule has 12 atom stereocenters. The van der Waals surface area contributed by atoms with E-state index < -0.39 is 70.3 Å². The van der Waals surface area contributed by atoms with Gasteiger partial charge < -0.3 is 36.5 Å². The fourth-order valence-electron chi connectivity index (χ4n) is 15.9. The largest absolute Gasteiger partial charge is 0.337 e. The smallest absolute Gasteiger partial charge is 0.223 e. The Hall–Kier alpha value is -7.31. The van der Waals surface area contributed by atoms with Gasteiger partial charge in [0.25, 0.3) is 0 Å². The van der Waals surface area contributed by atoms with Crippen LogP contribution in [0, 0.1) is 81.8 Å². The number of fused-ring (bicyclic) bond motifs is 6. The van der Waals surface area contributed by atoms with Crippen LogP contribution in [0.1, 0.15) is 172 Å². The van der Waals surface area contributed by atoms with Gasteiger partial charge in [0, 0.05) is 130 Å². The number of carbonyl (C=O) groups is 6. The van der Waals surface area contributed by atoms with Gasteiger partial charge in [0.05, 0.1) is 12.5 Å². The average Bonchev–Trinajstić information content (AvgIpc) is 1.70. The molecule has 6 bridgehead atoms. The molecule has 4 aromatic carbocycles. The summed E-state index contributed by atoms with van der Waals surface area (Å²) in [6, 6.07) is 8.57. The van der Waals surface area contributed by atoms with E-state index in [-0.39, 0.29) is 169 Å². The molecule has 0 radical (unpaired) electrons. The zero-order chi connectivity index (χ0) is 68.1. The highest BCUT2D eigenvalue weighted by Crippen LogP contribution is 2.44. The summed E-state index contributed by atoms with van der Waals surface area (Å²) in [4.78, 5) is 85.0. The first-order valence-corrected chi connectivity index (χ1v) is 33.2. The molecule has 6 N–H and O–H groups in total. The van der Waals surface area contributed by atoms with E-state index in [9.17, 15) is 72.7 Å². The van der Waals surface area contributed by atoms with E-state index >= 15 is 0 Å². The molecule has 1 saturated carbocycles. The number of aromatic nitrogens is 2. The second kappa shape index (κ2) is 30.8. The van der Waals surface area contributed by atoms with Crippen molar-refractivity contribution in [2.24, 2.45) is 47.9 Å². The third-order valence-corrected chi connectivity index (χ3v) is 21.2. The summed E-state index contributed by atoms with van der Waals surface area (Å²) in [5.41, 5.74) is 20.1. The Balaban J connectivity index is 0.000000155. The summed E-state index contributed by atoms with van der Waals surface area (Å²) in [5.74, 6) is -9.57. The first-order chi connectivity index (χ1) is 45.3. The van der Waals surface area contributed by atoms with Crippen molar-refractivity contribution in [3.63, 3.8) is 0 Å². The number of halogens is 10. The van der Waals surface area contributed by atoms with Crippen molar-refractivity contribution in [1.82, 2.24) is 24.3 Å². The van der Waals surface area contributed by atoms with Gasteiger partial charge in [-0.1, -0.05) is 6.42 Å². The van der Waals surface area contributed by atoms with Crippen LogP contribution in [-0.2, 0) is 45.5 Å². The highest BCUT2D eigenvalue weighted by atomic mass is 19.2. The number of benzene rings is 4. The molecule has 3 unspecified atom stereocenters. The molecule has 6 aliphatic heterocycles. The normalized spacial score (nSPS) is 24.4. The van der Waals surface area contributed by atoms with Gasteiger partial charge in [-0.15, -0.1) is 0 Å². The summed E-state index contributed by atoms with van der Waals surface area (Å²) in [6.07, 6.45) is 16.8. The molecule has 7 heterocycles. The maximum Gasteiger partial charge on any atom is 0.223 e. The van der Waals surface area contributed by atoms with Crippen LogP contribution < -0.4 is 17.2 Å². The molecule has 5 aromatic rings. The Labute approximate surface area is 545 Å². The lowest BCUT2D eigenvalue weighted by Gasteiger charge is -2.41. The number of aryl methyl sites for hydroxylation is 1. The second-order valence-electron chi connectivity index (χ2n) is 27.3. The van der Waals surface area contributed by atoms with Gasteiger partial charge in [0.1, 0.15) is 34.7 Å². The third-order valence-electron chi connectivity index (χ3n) is 21.2. The van der Waals surface area contributed by atoms with Crippen LogP contribution in [0.15, 0.2) is 73.2 Å². The molecule has 24 heteroatoms. The fraction of sp³-hybridized carbons (Fsp3) is 0.535. The van der Waals surface area contributed by atoms with Crippen molar-refractivity contribution < 1.29 is 72.7 Å². The summed E-state index contributed by atoms with van der Waals surface area (Å²) in [5, 5.41) is 0. The van der Waals surface area contributed by atoms with E-state index in [0.717, 1.165) is 88.8 Å². The number of hydrogen-bond acceptors (Lipinski definition) is 10. The van der Waals surface area contributed by atoms with Gasteiger partial charge in [-0.3, -0.25) is 28.8 Å². The van der Waals surface area contributed by atoms with Crippen molar-refractivity contribution >= 4 is 35.1 Å². The van der Waals surface area contributed by atoms with Crippen LogP contribution in [-0.4, -0.2) is 114 Å². The maximum atomic E-state index is 14.0. The van der Waals surface area contributed by atoms with Gasteiger partial charge in [0.2, 0.25) is 17.7 Å². The molecule has 95 heavy (non-hydrogen) atoms. The van der Waals surface area contributed by atoms with E-state index in [1.54, 1.807) is 17.9 Å². The number of rotatable bonds is 21. The van der Waals surface area contributed by atoms with Gasteiger partial charge in [-0.2, -0.15) is 0 Å². The average molecular weight is 1330 g/mol. The molecule has 0 spiro atoms. The Morgan fingerprint density at radius 3 is 1.07 bits per heavy atom. The minimum atomic E-state index is -1.23. The minimum Gasteiger partial charge on any atom is -0.337 e. The molecular formula is C71H82F10N8O6. The molecule has 12 rings (SSSR count). The quantitative estimate of drug-likeness (QED) is 0.0360. The number of ketones is 3. The summed E-state index contributed by atoms with van der Waals surface area (Å²) in [7, 11) is 1.74. The molecule has 512 valence electrons. The molecule has 14 nitrogen and oxygen atoms in total. The predicted molar refractivity (Wildman–Crippen MR) is 331 cm³/mol.